The molecule has 0 aromatic rings. The van der Waals surface area contributed by atoms with Crippen LogP contribution in [0.4, 0.5) is 0 Å². The summed E-state index contributed by atoms with van der Waals surface area (Å²) in [5.74, 6) is 0.882. The van der Waals surface area contributed by atoms with Crippen molar-refractivity contribution in [2.24, 2.45) is 0 Å². The van der Waals surface area contributed by atoms with Gasteiger partial charge in [-0.1, -0.05) is 48.3 Å². The summed E-state index contributed by atoms with van der Waals surface area (Å²) in [6.45, 7) is 5.56. The van der Waals surface area contributed by atoms with Gasteiger partial charge in [-0.3, -0.25) is 0 Å². The topological polar surface area (TPSA) is 0 Å². The minimum Gasteiger partial charge on any atom is -0.127 e. The third-order valence-corrected chi connectivity index (χ3v) is 2.60. The van der Waals surface area contributed by atoms with E-state index in [1.807, 2.05) is 6.92 Å². The molecule has 0 radical (unpaired) electrons. The maximum atomic E-state index is 5.47. The van der Waals surface area contributed by atoms with Gasteiger partial charge in [-0.2, -0.15) is 0 Å². The second-order valence-corrected chi connectivity index (χ2v) is 4.99. The molecular formula is C5H7Cl3S. The van der Waals surface area contributed by atoms with Gasteiger partial charge in [0, 0.05) is 4.91 Å². The molecule has 4 heteroatoms. The lowest BCUT2D eigenvalue weighted by Crippen LogP contribution is -2.02. The molecule has 0 heterocycles. The van der Waals surface area contributed by atoms with Crippen molar-refractivity contribution in [3.05, 3.63) is 11.5 Å². The van der Waals surface area contributed by atoms with E-state index in [1.54, 1.807) is 0 Å². The molecule has 0 aliphatic carbocycles. The molecule has 9 heavy (non-hydrogen) atoms. The van der Waals surface area contributed by atoms with Crippen molar-refractivity contribution >= 4 is 46.6 Å². The number of rotatable bonds is 2. The Morgan fingerprint density at radius 3 is 2.11 bits per heavy atom. The van der Waals surface area contributed by atoms with Crippen LogP contribution in [0.25, 0.3) is 0 Å². The lowest BCUT2D eigenvalue weighted by atomic mass is 10.7. The highest BCUT2D eigenvalue weighted by molar-refractivity contribution is 8.03. The quantitative estimate of drug-likeness (QED) is 0.621. The van der Waals surface area contributed by atoms with Crippen LogP contribution < -0.4 is 0 Å². The van der Waals surface area contributed by atoms with Crippen LogP contribution in [0.3, 0.4) is 0 Å². The van der Waals surface area contributed by atoms with E-state index in [4.69, 9.17) is 34.8 Å². The third kappa shape index (κ3) is 4.38. The van der Waals surface area contributed by atoms with Crippen molar-refractivity contribution in [1.82, 2.24) is 0 Å². The first-order valence-electron chi connectivity index (χ1n) is 2.37. The van der Waals surface area contributed by atoms with Gasteiger partial charge < -0.3 is 0 Å². The predicted octanol–water partition coefficient (Wildman–Crippen LogP) is 3.62. The molecule has 0 aromatic heterocycles. The number of allylic oxidation sites excluding steroid dienone is 1. The molecule has 0 nitrogen and oxygen atoms in total. The fraction of sp³-hybridized carbons (Fsp3) is 0.600. The Hall–Kier alpha value is 0.960. The standard InChI is InChI=1S/C5H7Cl3S/c1-3-9-4(2)5(6,7)8/h2-3H2,1H3. The highest BCUT2D eigenvalue weighted by Crippen LogP contribution is 2.39. The molecule has 0 aliphatic heterocycles. The van der Waals surface area contributed by atoms with Gasteiger partial charge in [0.25, 0.3) is 0 Å². The Balaban J connectivity index is 3.74. The van der Waals surface area contributed by atoms with Crippen LogP contribution in [-0.2, 0) is 0 Å². The highest BCUT2D eigenvalue weighted by Gasteiger charge is 2.23. The normalized spacial score (nSPS) is 11.6. The van der Waals surface area contributed by atoms with Crippen LogP contribution in [-0.4, -0.2) is 9.55 Å². The molecule has 0 saturated heterocycles. The summed E-state index contributed by atoms with van der Waals surface area (Å²) in [4.78, 5) is 0.579. The first-order chi connectivity index (χ1) is 3.98. The molecule has 0 rings (SSSR count). The Kier molecular flexibility index (Phi) is 4.39. The fourth-order valence-electron chi connectivity index (χ4n) is 0.256. The fourth-order valence-corrected chi connectivity index (χ4v) is 1.26. The second-order valence-electron chi connectivity index (χ2n) is 1.35. The summed E-state index contributed by atoms with van der Waals surface area (Å²) in [5, 5.41) is 0. The largest absolute Gasteiger partial charge is 0.221 e. The van der Waals surface area contributed by atoms with Crippen molar-refractivity contribution in [3.63, 3.8) is 0 Å². The molecule has 54 valence electrons. The Morgan fingerprint density at radius 1 is 1.56 bits per heavy atom. The second kappa shape index (κ2) is 3.97. The molecule has 0 aliphatic rings. The number of thioether (sulfide) groups is 1. The number of halogens is 3. The van der Waals surface area contributed by atoms with E-state index in [1.165, 1.54) is 11.8 Å². The summed E-state index contributed by atoms with van der Waals surface area (Å²) in [5.41, 5.74) is 0. The predicted molar refractivity (Wildman–Crippen MR) is 47.6 cm³/mol. The first-order valence-corrected chi connectivity index (χ1v) is 4.49. The van der Waals surface area contributed by atoms with E-state index < -0.39 is 3.79 Å². The zero-order chi connectivity index (χ0) is 7.49. The van der Waals surface area contributed by atoms with Gasteiger partial charge in [-0.15, -0.1) is 11.8 Å². The first kappa shape index (κ1) is 9.96. The van der Waals surface area contributed by atoms with Crippen LogP contribution in [0.1, 0.15) is 6.92 Å². The van der Waals surface area contributed by atoms with Crippen LogP contribution >= 0.6 is 46.6 Å². The van der Waals surface area contributed by atoms with Gasteiger partial charge in [0.05, 0.1) is 0 Å². The minimum absolute atomic E-state index is 0.579. The van der Waals surface area contributed by atoms with E-state index >= 15 is 0 Å². The van der Waals surface area contributed by atoms with E-state index in [-0.39, 0.29) is 0 Å². The van der Waals surface area contributed by atoms with Crippen molar-refractivity contribution < 1.29 is 0 Å². The lowest BCUT2D eigenvalue weighted by molar-refractivity contribution is 1.42. The van der Waals surface area contributed by atoms with Gasteiger partial charge in [0.15, 0.2) is 0 Å². The molecule has 0 amide bonds. The zero-order valence-corrected chi connectivity index (χ0v) is 8.04. The summed E-state index contributed by atoms with van der Waals surface area (Å²) in [7, 11) is 0. The van der Waals surface area contributed by atoms with Crippen molar-refractivity contribution in [3.8, 4) is 0 Å². The van der Waals surface area contributed by atoms with Gasteiger partial charge >= 0.3 is 0 Å². The summed E-state index contributed by atoms with van der Waals surface area (Å²) in [6, 6.07) is 0. The molecule has 0 saturated carbocycles. The van der Waals surface area contributed by atoms with Crippen molar-refractivity contribution in [1.29, 1.82) is 0 Å². The molecule has 0 unspecified atom stereocenters. The van der Waals surface area contributed by atoms with Crippen LogP contribution in [0, 0.1) is 0 Å². The molecule has 0 atom stereocenters. The van der Waals surface area contributed by atoms with E-state index in [0.29, 0.717) is 4.91 Å². The maximum Gasteiger partial charge on any atom is 0.221 e. The molecular weight excluding hydrogens is 198 g/mol. The Morgan fingerprint density at radius 2 is 2.00 bits per heavy atom. The van der Waals surface area contributed by atoms with Gasteiger partial charge in [-0.05, 0) is 5.75 Å². The van der Waals surface area contributed by atoms with Gasteiger partial charge in [-0.25, -0.2) is 0 Å². The molecule has 0 bridgehead atoms. The molecule has 0 aromatic carbocycles. The molecule has 0 N–H and O–H groups in total. The Bertz CT molecular complexity index is 105. The summed E-state index contributed by atoms with van der Waals surface area (Å²) < 4.78 is -1.30. The lowest BCUT2D eigenvalue weighted by Gasteiger charge is -2.11. The molecule has 0 spiro atoms. The van der Waals surface area contributed by atoms with Crippen LogP contribution in [0.5, 0.6) is 0 Å². The number of alkyl halides is 3. The molecule has 0 fully saturated rings. The van der Waals surface area contributed by atoms with Crippen molar-refractivity contribution in [2.75, 3.05) is 5.75 Å². The van der Waals surface area contributed by atoms with E-state index in [2.05, 4.69) is 6.58 Å². The van der Waals surface area contributed by atoms with E-state index in [0.717, 1.165) is 5.75 Å². The minimum atomic E-state index is -1.30. The average Bonchev–Trinajstić information content (AvgIpc) is 1.64. The maximum absolute atomic E-state index is 5.47. The van der Waals surface area contributed by atoms with E-state index in [9.17, 15) is 0 Å². The van der Waals surface area contributed by atoms with Crippen LogP contribution in [0.15, 0.2) is 11.5 Å². The zero-order valence-electron chi connectivity index (χ0n) is 4.96. The summed E-state index contributed by atoms with van der Waals surface area (Å²) in [6.07, 6.45) is 0. The Labute approximate surface area is 74.5 Å². The monoisotopic (exact) mass is 204 g/mol. The SMILES string of the molecule is C=C(SCC)C(Cl)(Cl)Cl. The number of hydrogen-bond acceptors (Lipinski definition) is 1. The van der Waals surface area contributed by atoms with Gasteiger partial charge in [0.1, 0.15) is 0 Å². The van der Waals surface area contributed by atoms with Gasteiger partial charge in [0.2, 0.25) is 3.79 Å². The van der Waals surface area contributed by atoms with Crippen LogP contribution in [0.2, 0.25) is 0 Å². The summed E-state index contributed by atoms with van der Waals surface area (Å²) >= 11 is 17.9. The third-order valence-electron chi connectivity index (χ3n) is 0.635. The number of hydrogen-bond donors (Lipinski definition) is 0. The highest BCUT2D eigenvalue weighted by atomic mass is 35.6. The van der Waals surface area contributed by atoms with Crippen molar-refractivity contribution in [2.45, 2.75) is 10.7 Å². The average molecular weight is 206 g/mol. The smallest absolute Gasteiger partial charge is 0.127 e.